The third-order valence-electron chi connectivity index (χ3n) is 6.74. The number of carbonyl (C=O) groups excluding carboxylic acids is 3. The minimum absolute atomic E-state index is 0.288. The van der Waals surface area contributed by atoms with Crippen molar-refractivity contribution in [2.75, 3.05) is 21.3 Å². The van der Waals surface area contributed by atoms with Crippen LogP contribution in [0, 0.1) is 18.8 Å². The Bertz CT molecular complexity index is 1190. The number of Topliss-reactive ketones (excluding diaryl/α,β-unsaturated/α-hetero) is 1. The Morgan fingerprint density at radius 2 is 1.71 bits per heavy atom. The van der Waals surface area contributed by atoms with E-state index in [1.807, 2.05) is 30.5 Å². The number of carbonyl (C=O) groups is 3. The molecule has 2 heterocycles. The molecule has 0 N–H and O–H groups in total. The van der Waals surface area contributed by atoms with E-state index in [0.717, 1.165) is 16.0 Å². The van der Waals surface area contributed by atoms with E-state index >= 15 is 0 Å². The first-order chi connectivity index (χ1) is 16.3. The second-order valence-corrected chi connectivity index (χ2v) is 9.45. The molecule has 1 aromatic heterocycles. The molecule has 1 unspecified atom stereocenters. The maximum atomic E-state index is 14.1. The fourth-order valence-electron chi connectivity index (χ4n) is 5.10. The molecule has 4 atom stereocenters. The van der Waals surface area contributed by atoms with Crippen molar-refractivity contribution in [3.05, 3.63) is 63.0 Å². The van der Waals surface area contributed by atoms with E-state index in [4.69, 9.17) is 19.2 Å². The Hall–Kier alpha value is -3.26. The predicted molar refractivity (Wildman–Crippen MR) is 128 cm³/mol. The van der Waals surface area contributed by atoms with Crippen LogP contribution in [0.5, 0.6) is 5.75 Å². The SMILES string of the molecule is COC(=O)C1=C(C)N=C2C[C@H](c3ccc(OC)cc3)[C@H](C(=O)OC)C(=O)C2[C@H]1c1sccc1C. The zero-order valence-electron chi connectivity index (χ0n) is 19.8. The summed E-state index contributed by atoms with van der Waals surface area (Å²) in [6.07, 6.45) is 0.398. The Morgan fingerprint density at radius 3 is 2.26 bits per heavy atom. The van der Waals surface area contributed by atoms with Gasteiger partial charge in [-0.3, -0.25) is 14.6 Å². The van der Waals surface area contributed by atoms with Crippen molar-refractivity contribution in [1.29, 1.82) is 0 Å². The van der Waals surface area contributed by atoms with Gasteiger partial charge >= 0.3 is 11.9 Å². The van der Waals surface area contributed by atoms with Crippen LogP contribution in [-0.2, 0) is 23.9 Å². The van der Waals surface area contributed by atoms with Crippen LogP contribution in [0.25, 0.3) is 0 Å². The molecule has 2 aromatic rings. The molecule has 1 aliphatic heterocycles. The monoisotopic (exact) mass is 481 g/mol. The normalized spacial score (nSPS) is 24.3. The number of thiophene rings is 1. The Kier molecular flexibility index (Phi) is 6.70. The van der Waals surface area contributed by atoms with Crippen LogP contribution in [0.3, 0.4) is 0 Å². The highest BCUT2D eigenvalue weighted by atomic mass is 32.1. The minimum Gasteiger partial charge on any atom is -0.497 e. The first-order valence-corrected chi connectivity index (χ1v) is 11.9. The molecule has 0 saturated heterocycles. The number of nitrogens with zero attached hydrogens (tertiary/aromatic N) is 1. The maximum Gasteiger partial charge on any atom is 0.336 e. The number of rotatable bonds is 5. The third-order valence-corrected chi connectivity index (χ3v) is 7.84. The van der Waals surface area contributed by atoms with Crippen molar-refractivity contribution in [3.8, 4) is 5.75 Å². The summed E-state index contributed by atoms with van der Waals surface area (Å²) in [6, 6.07) is 9.29. The van der Waals surface area contributed by atoms with Gasteiger partial charge in [0, 0.05) is 28.1 Å². The largest absolute Gasteiger partial charge is 0.497 e. The second-order valence-electron chi connectivity index (χ2n) is 8.50. The van der Waals surface area contributed by atoms with Gasteiger partial charge in [0.2, 0.25) is 0 Å². The average Bonchev–Trinajstić information content (AvgIpc) is 3.27. The van der Waals surface area contributed by atoms with Crippen molar-refractivity contribution in [1.82, 2.24) is 0 Å². The lowest BCUT2D eigenvalue weighted by atomic mass is 9.63. The van der Waals surface area contributed by atoms with Gasteiger partial charge in [-0.25, -0.2) is 4.79 Å². The van der Waals surface area contributed by atoms with Crippen LogP contribution < -0.4 is 4.74 Å². The number of ether oxygens (including phenoxy) is 3. The highest BCUT2D eigenvalue weighted by Crippen LogP contribution is 2.49. The van der Waals surface area contributed by atoms with Crippen LogP contribution in [0.1, 0.15) is 41.2 Å². The van der Waals surface area contributed by atoms with E-state index in [0.29, 0.717) is 29.2 Å². The lowest BCUT2D eigenvalue weighted by Gasteiger charge is -2.40. The lowest BCUT2D eigenvalue weighted by Crippen LogP contribution is -2.48. The van der Waals surface area contributed by atoms with Gasteiger partial charge in [0.25, 0.3) is 0 Å². The Labute approximate surface area is 202 Å². The van der Waals surface area contributed by atoms with Gasteiger partial charge in [0.1, 0.15) is 11.7 Å². The molecule has 1 saturated carbocycles. The zero-order valence-corrected chi connectivity index (χ0v) is 20.6. The Morgan fingerprint density at radius 1 is 1.00 bits per heavy atom. The molecular weight excluding hydrogens is 454 g/mol. The van der Waals surface area contributed by atoms with Gasteiger partial charge in [0.05, 0.1) is 32.8 Å². The van der Waals surface area contributed by atoms with E-state index in [9.17, 15) is 14.4 Å². The van der Waals surface area contributed by atoms with Gasteiger partial charge in [0.15, 0.2) is 5.78 Å². The number of aryl methyl sites for hydroxylation is 1. The number of hydrogen-bond donors (Lipinski definition) is 0. The summed E-state index contributed by atoms with van der Waals surface area (Å²) in [5, 5.41) is 1.94. The van der Waals surface area contributed by atoms with Crippen molar-refractivity contribution >= 4 is 34.8 Å². The number of methoxy groups -OCH3 is 3. The topological polar surface area (TPSA) is 91.3 Å². The number of benzene rings is 1. The summed E-state index contributed by atoms with van der Waals surface area (Å²) in [4.78, 5) is 45.5. The molecule has 0 bridgehead atoms. The van der Waals surface area contributed by atoms with Crippen LogP contribution in [0.2, 0.25) is 0 Å². The smallest absolute Gasteiger partial charge is 0.336 e. The fraction of sp³-hybridized carbons (Fsp3) is 0.385. The van der Waals surface area contributed by atoms with Crippen molar-refractivity contribution < 1.29 is 28.6 Å². The van der Waals surface area contributed by atoms with E-state index in [1.165, 1.54) is 25.6 Å². The van der Waals surface area contributed by atoms with Crippen LogP contribution in [0.4, 0.5) is 0 Å². The molecule has 0 radical (unpaired) electrons. The van der Waals surface area contributed by atoms with E-state index in [-0.39, 0.29) is 5.78 Å². The molecule has 8 heteroatoms. The highest BCUT2D eigenvalue weighted by Gasteiger charge is 2.53. The van der Waals surface area contributed by atoms with Crippen LogP contribution >= 0.6 is 11.3 Å². The summed E-state index contributed by atoms with van der Waals surface area (Å²) in [7, 11) is 4.19. The molecule has 34 heavy (non-hydrogen) atoms. The quantitative estimate of drug-likeness (QED) is 0.469. The molecule has 0 spiro atoms. The third kappa shape index (κ3) is 3.96. The molecule has 0 amide bonds. The van der Waals surface area contributed by atoms with Crippen molar-refractivity contribution in [3.63, 3.8) is 0 Å². The molecule has 1 fully saturated rings. The van der Waals surface area contributed by atoms with Gasteiger partial charge in [-0.1, -0.05) is 12.1 Å². The number of hydrogen-bond acceptors (Lipinski definition) is 8. The summed E-state index contributed by atoms with van der Waals surface area (Å²) in [5.41, 5.74) is 3.38. The summed E-state index contributed by atoms with van der Waals surface area (Å²) in [6.45, 7) is 3.72. The summed E-state index contributed by atoms with van der Waals surface area (Å²) >= 11 is 1.48. The van der Waals surface area contributed by atoms with Crippen molar-refractivity contribution in [2.24, 2.45) is 16.8 Å². The number of esters is 2. The molecule has 7 nitrogen and oxygen atoms in total. The van der Waals surface area contributed by atoms with Crippen LogP contribution in [-0.4, -0.2) is 44.8 Å². The van der Waals surface area contributed by atoms with Gasteiger partial charge in [-0.15, -0.1) is 11.3 Å². The van der Waals surface area contributed by atoms with E-state index < -0.39 is 35.6 Å². The maximum absolute atomic E-state index is 14.1. The number of aliphatic imine (C=N–C) groups is 1. The van der Waals surface area contributed by atoms with Gasteiger partial charge < -0.3 is 14.2 Å². The molecular formula is C26H27NO6S. The number of allylic oxidation sites excluding steroid dienone is 1. The fourth-order valence-corrected chi connectivity index (χ4v) is 6.18. The first kappa shape index (κ1) is 23.9. The molecule has 1 aliphatic carbocycles. The molecule has 4 rings (SSSR count). The molecule has 1 aromatic carbocycles. The standard InChI is InChI=1S/C26H27NO6S/c1-13-10-11-34-24(13)22-19(25(29)32-4)14(2)27-18-12-17(15-6-8-16(31-3)9-7-15)20(26(30)33-5)23(28)21(18)22/h6-11,17,20-22H,12H2,1-5H3/t17-,20+,21?,22+/m1/s1. The van der Waals surface area contributed by atoms with Crippen LogP contribution in [0.15, 0.2) is 52.0 Å². The predicted octanol–water partition coefficient (Wildman–Crippen LogP) is 4.21. The van der Waals surface area contributed by atoms with Gasteiger partial charge in [-0.2, -0.15) is 0 Å². The van der Waals surface area contributed by atoms with Crippen molar-refractivity contribution in [2.45, 2.75) is 32.1 Å². The number of ketones is 1. The van der Waals surface area contributed by atoms with Gasteiger partial charge in [-0.05, 0) is 55.0 Å². The number of fused-ring (bicyclic) bond motifs is 1. The summed E-state index contributed by atoms with van der Waals surface area (Å²) in [5.74, 6) is -3.45. The summed E-state index contributed by atoms with van der Waals surface area (Å²) < 4.78 is 15.4. The zero-order chi connectivity index (χ0) is 24.6. The van der Waals surface area contributed by atoms with E-state index in [2.05, 4.69) is 0 Å². The second kappa shape index (κ2) is 9.54. The highest BCUT2D eigenvalue weighted by molar-refractivity contribution is 7.10. The molecule has 178 valence electrons. The first-order valence-electron chi connectivity index (χ1n) is 11.0. The van der Waals surface area contributed by atoms with E-state index in [1.54, 1.807) is 26.2 Å². The minimum atomic E-state index is -1.01. The lowest BCUT2D eigenvalue weighted by molar-refractivity contribution is -0.151. The average molecular weight is 482 g/mol. The Balaban J connectivity index is 1.88. The molecule has 2 aliphatic rings.